The number of carbonyl (C=O) groups excluding carboxylic acids is 1. The lowest BCUT2D eigenvalue weighted by atomic mass is 9.93. The predicted molar refractivity (Wildman–Crippen MR) is 87.1 cm³/mol. The Morgan fingerprint density at radius 1 is 1.45 bits per heavy atom. The van der Waals surface area contributed by atoms with Gasteiger partial charge >= 0.3 is 0 Å². The molecule has 0 saturated heterocycles. The van der Waals surface area contributed by atoms with E-state index in [0.717, 1.165) is 24.2 Å². The molecule has 3 rings (SSSR count). The molecular formula is C16H20N4OS. The number of aromatic nitrogens is 3. The molecule has 1 saturated carbocycles. The Labute approximate surface area is 134 Å². The Balaban J connectivity index is 1.62. The van der Waals surface area contributed by atoms with Crippen LogP contribution in [0.3, 0.4) is 0 Å². The van der Waals surface area contributed by atoms with Crippen molar-refractivity contribution in [2.24, 2.45) is 5.92 Å². The standard InChI is InChI=1S/C16H20N4OS/c1-11-18-19-16(22)20(11)10-9-17-15(21)14(13-7-8-13)12-5-3-2-4-6-12/h2-6,13-14H,7-10H2,1H3,(H,17,21)(H,19,22)/t14-/m0/s1. The molecule has 1 amide bonds. The summed E-state index contributed by atoms with van der Waals surface area (Å²) >= 11 is 5.16. The van der Waals surface area contributed by atoms with E-state index in [-0.39, 0.29) is 11.8 Å². The number of benzene rings is 1. The second-order valence-electron chi connectivity index (χ2n) is 5.74. The van der Waals surface area contributed by atoms with Crippen molar-refractivity contribution in [1.82, 2.24) is 20.1 Å². The first-order chi connectivity index (χ1) is 10.7. The van der Waals surface area contributed by atoms with Crippen LogP contribution < -0.4 is 5.32 Å². The molecule has 1 aromatic carbocycles. The topological polar surface area (TPSA) is 62.7 Å². The van der Waals surface area contributed by atoms with Crippen LogP contribution in [0.15, 0.2) is 30.3 Å². The zero-order valence-corrected chi connectivity index (χ0v) is 13.4. The molecule has 0 bridgehead atoms. The fraction of sp³-hybridized carbons (Fsp3) is 0.438. The smallest absolute Gasteiger partial charge is 0.227 e. The monoisotopic (exact) mass is 316 g/mol. The van der Waals surface area contributed by atoms with E-state index < -0.39 is 0 Å². The Morgan fingerprint density at radius 3 is 2.77 bits per heavy atom. The van der Waals surface area contributed by atoms with Crippen LogP contribution in [0.2, 0.25) is 0 Å². The fourth-order valence-corrected chi connectivity index (χ4v) is 3.06. The second-order valence-corrected chi connectivity index (χ2v) is 6.13. The van der Waals surface area contributed by atoms with Crippen molar-refractivity contribution in [2.45, 2.75) is 32.2 Å². The van der Waals surface area contributed by atoms with Gasteiger partial charge in [-0.05, 0) is 43.5 Å². The average Bonchev–Trinajstić information content (AvgIpc) is 3.30. The second kappa shape index (κ2) is 6.44. The maximum absolute atomic E-state index is 12.6. The van der Waals surface area contributed by atoms with Crippen LogP contribution in [0.1, 0.15) is 30.1 Å². The summed E-state index contributed by atoms with van der Waals surface area (Å²) in [5, 5.41) is 9.87. The molecule has 5 nitrogen and oxygen atoms in total. The molecule has 22 heavy (non-hydrogen) atoms. The summed E-state index contributed by atoms with van der Waals surface area (Å²) in [6, 6.07) is 10.0. The van der Waals surface area contributed by atoms with Crippen LogP contribution in [0.5, 0.6) is 0 Å². The van der Waals surface area contributed by atoms with E-state index in [1.165, 1.54) is 0 Å². The van der Waals surface area contributed by atoms with Gasteiger partial charge in [0.2, 0.25) is 5.91 Å². The molecule has 0 aliphatic heterocycles. The van der Waals surface area contributed by atoms with Crippen LogP contribution in [0, 0.1) is 17.6 Å². The van der Waals surface area contributed by atoms with Crippen molar-refractivity contribution in [1.29, 1.82) is 0 Å². The van der Waals surface area contributed by atoms with Crippen molar-refractivity contribution >= 4 is 18.1 Å². The lowest BCUT2D eigenvalue weighted by Crippen LogP contribution is -2.33. The number of amides is 1. The van der Waals surface area contributed by atoms with E-state index in [2.05, 4.69) is 15.5 Å². The fourth-order valence-electron chi connectivity index (χ4n) is 2.79. The van der Waals surface area contributed by atoms with Gasteiger partial charge in [-0.15, -0.1) is 0 Å². The molecule has 0 unspecified atom stereocenters. The van der Waals surface area contributed by atoms with E-state index in [9.17, 15) is 4.79 Å². The summed E-state index contributed by atoms with van der Waals surface area (Å²) in [4.78, 5) is 12.6. The van der Waals surface area contributed by atoms with Gasteiger partial charge in [-0.3, -0.25) is 9.89 Å². The maximum atomic E-state index is 12.6. The first-order valence-electron chi connectivity index (χ1n) is 7.61. The maximum Gasteiger partial charge on any atom is 0.227 e. The van der Waals surface area contributed by atoms with Gasteiger partial charge < -0.3 is 9.88 Å². The Morgan fingerprint density at radius 2 is 2.18 bits per heavy atom. The molecule has 1 atom stereocenters. The molecule has 2 aromatic rings. The van der Waals surface area contributed by atoms with Crippen LogP contribution in [-0.2, 0) is 11.3 Å². The number of nitrogens with one attached hydrogen (secondary N) is 2. The molecule has 0 radical (unpaired) electrons. The summed E-state index contributed by atoms with van der Waals surface area (Å²) in [7, 11) is 0. The van der Waals surface area contributed by atoms with Gasteiger partial charge in [0, 0.05) is 13.1 Å². The third-order valence-electron chi connectivity index (χ3n) is 4.12. The minimum absolute atomic E-state index is 0.0281. The molecule has 6 heteroatoms. The van der Waals surface area contributed by atoms with E-state index in [4.69, 9.17) is 12.2 Å². The summed E-state index contributed by atoms with van der Waals surface area (Å²) in [5.41, 5.74) is 1.11. The van der Waals surface area contributed by atoms with E-state index in [1.54, 1.807) is 0 Å². The normalized spacial score (nSPS) is 15.5. The predicted octanol–water partition coefficient (Wildman–Crippen LogP) is 2.56. The highest BCUT2D eigenvalue weighted by Crippen LogP contribution is 2.42. The summed E-state index contributed by atoms with van der Waals surface area (Å²) < 4.78 is 2.48. The van der Waals surface area contributed by atoms with E-state index in [1.807, 2.05) is 41.8 Å². The first kappa shape index (κ1) is 15.0. The number of rotatable bonds is 6. The lowest BCUT2D eigenvalue weighted by Gasteiger charge is -2.17. The first-order valence-corrected chi connectivity index (χ1v) is 8.02. The van der Waals surface area contributed by atoms with Crippen LogP contribution in [0.25, 0.3) is 0 Å². The number of aryl methyl sites for hydroxylation is 1. The molecule has 1 aliphatic carbocycles. The highest BCUT2D eigenvalue weighted by Gasteiger charge is 2.36. The number of hydrogen-bond donors (Lipinski definition) is 2. The van der Waals surface area contributed by atoms with Crippen LogP contribution in [0.4, 0.5) is 0 Å². The van der Waals surface area contributed by atoms with Crippen molar-refractivity contribution < 1.29 is 4.79 Å². The molecular weight excluding hydrogens is 296 g/mol. The van der Waals surface area contributed by atoms with Gasteiger partial charge in [0.15, 0.2) is 4.77 Å². The molecule has 0 spiro atoms. The number of hydrogen-bond acceptors (Lipinski definition) is 3. The lowest BCUT2D eigenvalue weighted by molar-refractivity contribution is -0.123. The van der Waals surface area contributed by atoms with Gasteiger partial charge in [-0.2, -0.15) is 5.10 Å². The van der Waals surface area contributed by atoms with Crippen molar-refractivity contribution in [2.75, 3.05) is 6.54 Å². The minimum atomic E-state index is -0.0281. The highest BCUT2D eigenvalue weighted by atomic mass is 32.1. The number of nitrogens with zero attached hydrogens (tertiary/aromatic N) is 2. The zero-order valence-electron chi connectivity index (χ0n) is 12.6. The summed E-state index contributed by atoms with van der Waals surface area (Å²) in [6.45, 7) is 3.09. The molecule has 1 heterocycles. The van der Waals surface area contributed by atoms with Gasteiger partial charge in [-0.25, -0.2) is 0 Å². The quantitative estimate of drug-likeness (QED) is 0.805. The summed E-state index contributed by atoms with van der Waals surface area (Å²) in [6.07, 6.45) is 2.28. The average molecular weight is 316 g/mol. The SMILES string of the molecule is Cc1n[nH]c(=S)n1CCNC(=O)[C@@H](c1ccccc1)C1CC1. The number of carbonyl (C=O) groups is 1. The molecule has 1 aliphatic rings. The van der Waals surface area contributed by atoms with Gasteiger partial charge in [0.05, 0.1) is 5.92 Å². The van der Waals surface area contributed by atoms with E-state index >= 15 is 0 Å². The molecule has 1 fully saturated rings. The van der Waals surface area contributed by atoms with Gasteiger partial charge in [-0.1, -0.05) is 30.3 Å². The number of aromatic amines is 1. The number of H-pyrrole nitrogens is 1. The van der Waals surface area contributed by atoms with E-state index in [0.29, 0.717) is 23.8 Å². The molecule has 116 valence electrons. The Hall–Kier alpha value is -1.95. The van der Waals surface area contributed by atoms with Crippen molar-refractivity contribution in [3.63, 3.8) is 0 Å². The molecule has 1 aromatic heterocycles. The van der Waals surface area contributed by atoms with Crippen molar-refractivity contribution in [3.05, 3.63) is 46.5 Å². The van der Waals surface area contributed by atoms with Gasteiger partial charge in [0.1, 0.15) is 5.82 Å². The third kappa shape index (κ3) is 3.27. The Bertz CT molecular complexity index is 702. The zero-order chi connectivity index (χ0) is 15.5. The highest BCUT2D eigenvalue weighted by molar-refractivity contribution is 7.71. The largest absolute Gasteiger partial charge is 0.354 e. The van der Waals surface area contributed by atoms with Crippen LogP contribution in [-0.4, -0.2) is 27.2 Å². The Kier molecular flexibility index (Phi) is 4.38. The molecule has 2 N–H and O–H groups in total. The van der Waals surface area contributed by atoms with Crippen LogP contribution >= 0.6 is 12.2 Å². The third-order valence-corrected chi connectivity index (χ3v) is 4.43. The summed E-state index contributed by atoms with van der Waals surface area (Å²) in [5.74, 6) is 1.40. The van der Waals surface area contributed by atoms with Crippen molar-refractivity contribution in [3.8, 4) is 0 Å². The minimum Gasteiger partial charge on any atom is -0.354 e. The van der Waals surface area contributed by atoms with Gasteiger partial charge in [0.25, 0.3) is 0 Å².